The number of fused-ring (bicyclic) bond motifs is 5. The molecule has 182 valence electrons. The molecule has 3 aliphatic rings. The molecule has 2 heterocycles. The fourth-order valence-corrected chi connectivity index (χ4v) is 5.63. The first kappa shape index (κ1) is 25.4. The molecular weight excluding hydrogens is 468 g/mol. The fraction of sp³-hybridized carbons (Fsp3) is 0.667. The smallest absolute Gasteiger partial charge is 0.326 e. The van der Waals surface area contributed by atoms with Crippen molar-refractivity contribution in [3.63, 3.8) is 0 Å². The van der Waals surface area contributed by atoms with Gasteiger partial charge in [-0.3, -0.25) is 24.0 Å². The Morgan fingerprint density at radius 3 is 2.52 bits per heavy atom. The number of amides is 4. The monoisotopic (exact) mass is 498 g/mol. The Kier molecular flexibility index (Phi) is 8.69. The summed E-state index contributed by atoms with van der Waals surface area (Å²) >= 11 is 0. The van der Waals surface area contributed by atoms with E-state index in [1.165, 1.54) is 10.8 Å². The molecule has 0 aromatic heterocycles. The van der Waals surface area contributed by atoms with Crippen LogP contribution in [0.5, 0.6) is 0 Å². The van der Waals surface area contributed by atoms with Crippen LogP contribution in [0.2, 0.25) is 0 Å². The van der Waals surface area contributed by atoms with E-state index >= 15 is 0 Å². The average molecular weight is 499 g/mol. The minimum atomic E-state index is -1.07. The van der Waals surface area contributed by atoms with Gasteiger partial charge in [-0.05, 0) is 31.3 Å². The Bertz CT molecular complexity index is 830. The number of carbonyl (C=O) groups excluding carboxylic acids is 5. The van der Waals surface area contributed by atoms with E-state index in [1.54, 1.807) is 30.7 Å². The van der Waals surface area contributed by atoms with Gasteiger partial charge in [0, 0.05) is 11.5 Å². The molecule has 2 aliphatic heterocycles. The molecule has 0 aromatic rings. The fourth-order valence-electron chi connectivity index (χ4n) is 3.47. The first-order valence-electron chi connectivity index (χ1n) is 11.0. The lowest BCUT2D eigenvalue weighted by molar-refractivity contribution is -0.148. The van der Waals surface area contributed by atoms with Gasteiger partial charge in [-0.25, -0.2) is 0 Å². The number of hydrogen-bond donors (Lipinski definition) is 4. The molecule has 4 N–H and O–H groups in total. The zero-order chi connectivity index (χ0) is 24.0. The second-order valence-corrected chi connectivity index (χ2v) is 11.3. The lowest BCUT2D eigenvalue weighted by Crippen LogP contribution is -2.59. The molecule has 0 aromatic carbocycles. The summed E-state index contributed by atoms with van der Waals surface area (Å²) in [6.45, 7) is 3.16. The van der Waals surface area contributed by atoms with E-state index < -0.39 is 53.3 Å². The highest BCUT2D eigenvalue weighted by molar-refractivity contribution is 8.76. The van der Waals surface area contributed by atoms with Gasteiger partial charge < -0.3 is 26.0 Å². The van der Waals surface area contributed by atoms with Gasteiger partial charge in [0.25, 0.3) is 0 Å². The molecule has 1 aliphatic carbocycles. The van der Waals surface area contributed by atoms with Gasteiger partial charge in [-0.15, -0.1) is 0 Å². The standard InChI is InChI=1S/C21H30N4O6S2/c1-12(2)17-19(29)22-10-16(27)31-13-5-3-4-8-32-33-11-14(18(28)24-17)23-20(30)21(6-7-21)25-15(26)9-13/h3,5,12-14,17H,4,6-11H2,1-2H3,(H,22,29)(H,23,30)(H,24,28)(H,25,26)/b5-3+/t13-,14-,17+/m0/s1. The Labute approximate surface area is 200 Å². The van der Waals surface area contributed by atoms with Gasteiger partial charge in [-0.1, -0.05) is 41.5 Å². The number of hydrogen-bond acceptors (Lipinski definition) is 8. The Hall–Kier alpha value is -2.21. The number of rotatable bonds is 1. The minimum absolute atomic E-state index is 0.147. The van der Waals surface area contributed by atoms with Crippen LogP contribution in [0.1, 0.15) is 39.5 Å². The third kappa shape index (κ3) is 7.13. The van der Waals surface area contributed by atoms with Crippen LogP contribution >= 0.6 is 21.6 Å². The lowest BCUT2D eigenvalue weighted by Gasteiger charge is -2.27. The molecule has 4 amide bonds. The summed E-state index contributed by atoms with van der Waals surface area (Å²) < 4.78 is 5.42. The normalized spacial score (nSPS) is 30.4. The summed E-state index contributed by atoms with van der Waals surface area (Å²) in [4.78, 5) is 63.8. The van der Waals surface area contributed by atoms with E-state index in [1.807, 2.05) is 6.08 Å². The maximum absolute atomic E-state index is 13.1. The van der Waals surface area contributed by atoms with E-state index in [4.69, 9.17) is 4.74 Å². The highest BCUT2D eigenvalue weighted by atomic mass is 33.1. The zero-order valence-corrected chi connectivity index (χ0v) is 20.3. The van der Waals surface area contributed by atoms with Crippen molar-refractivity contribution < 1.29 is 28.7 Å². The summed E-state index contributed by atoms with van der Waals surface area (Å²) in [5.74, 6) is -1.80. The maximum atomic E-state index is 13.1. The number of nitrogens with one attached hydrogen (secondary N) is 4. The molecule has 0 unspecified atom stereocenters. The summed E-state index contributed by atoms with van der Waals surface area (Å²) in [7, 11) is 2.99. The van der Waals surface area contributed by atoms with Crippen molar-refractivity contribution in [3.05, 3.63) is 12.2 Å². The molecule has 12 heteroatoms. The van der Waals surface area contributed by atoms with Crippen LogP contribution in [-0.4, -0.2) is 71.4 Å². The average Bonchev–Trinajstić information content (AvgIpc) is 3.52. The van der Waals surface area contributed by atoms with E-state index in [0.29, 0.717) is 25.0 Å². The van der Waals surface area contributed by atoms with E-state index in [9.17, 15) is 24.0 Å². The highest BCUT2D eigenvalue weighted by Gasteiger charge is 2.52. The lowest BCUT2D eigenvalue weighted by atomic mass is 10.0. The van der Waals surface area contributed by atoms with Crippen molar-refractivity contribution in [1.82, 2.24) is 21.3 Å². The predicted molar refractivity (Wildman–Crippen MR) is 125 cm³/mol. The molecule has 33 heavy (non-hydrogen) atoms. The van der Waals surface area contributed by atoms with Crippen molar-refractivity contribution in [3.8, 4) is 0 Å². The SMILES string of the molecule is CC(C)[C@H]1NC(=O)[C@@H]2CSSCC/C=C/[C@@H](CC(=O)NC3(CC3)C(=O)N2)OC(=O)CNC1=O. The third-order valence-corrected chi connectivity index (χ3v) is 7.99. The van der Waals surface area contributed by atoms with Crippen LogP contribution in [0.25, 0.3) is 0 Å². The van der Waals surface area contributed by atoms with Crippen molar-refractivity contribution in [2.75, 3.05) is 18.1 Å². The molecule has 2 fully saturated rings. The largest absolute Gasteiger partial charge is 0.456 e. The van der Waals surface area contributed by atoms with Crippen molar-refractivity contribution >= 4 is 51.2 Å². The van der Waals surface area contributed by atoms with Crippen LogP contribution in [0.15, 0.2) is 12.2 Å². The van der Waals surface area contributed by atoms with Gasteiger partial charge in [0.2, 0.25) is 23.6 Å². The topological polar surface area (TPSA) is 143 Å². The molecule has 1 spiro atoms. The van der Waals surface area contributed by atoms with Gasteiger partial charge in [0.1, 0.15) is 30.3 Å². The molecule has 3 rings (SSSR count). The van der Waals surface area contributed by atoms with Crippen molar-refractivity contribution in [1.29, 1.82) is 0 Å². The minimum Gasteiger partial charge on any atom is -0.456 e. The number of ether oxygens (including phenoxy) is 1. The zero-order valence-electron chi connectivity index (χ0n) is 18.7. The summed E-state index contributed by atoms with van der Waals surface area (Å²) in [5, 5.41) is 10.7. The Morgan fingerprint density at radius 1 is 1.06 bits per heavy atom. The van der Waals surface area contributed by atoms with Crippen LogP contribution in [0.4, 0.5) is 0 Å². The van der Waals surface area contributed by atoms with E-state index in [0.717, 1.165) is 5.75 Å². The second-order valence-electron chi connectivity index (χ2n) is 8.66. The molecule has 10 nitrogen and oxygen atoms in total. The summed E-state index contributed by atoms with van der Waals surface area (Å²) in [6, 6.07) is -1.78. The molecule has 1 saturated heterocycles. The van der Waals surface area contributed by atoms with Crippen LogP contribution in [0, 0.1) is 5.92 Å². The summed E-state index contributed by atoms with van der Waals surface area (Å²) in [6.07, 6.45) is 4.11. The molecule has 2 bridgehead atoms. The molecule has 3 atom stereocenters. The molecule has 1 saturated carbocycles. The van der Waals surface area contributed by atoms with Gasteiger partial charge in [0.05, 0.1) is 6.42 Å². The first-order chi connectivity index (χ1) is 15.7. The highest BCUT2D eigenvalue weighted by Crippen LogP contribution is 2.36. The molecular formula is C21H30N4O6S2. The van der Waals surface area contributed by atoms with Crippen molar-refractivity contribution in [2.24, 2.45) is 5.92 Å². The van der Waals surface area contributed by atoms with E-state index in [2.05, 4.69) is 21.3 Å². The first-order valence-corrected chi connectivity index (χ1v) is 13.5. The maximum Gasteiger partial charge on any atom is 0.326 e. The van der Waals surface area contributed by atoms with E-state index in [-0.39, 0.29) is 18.9 Å². The van der Waals surface area contributed by atoms with Gasteiger partial charge in [0.15, 0.2) is 0 Å². The quantitative estimate of drug-likeness (QED) is 0.225. The Balaban J connectivity index is 1.94. The third-order valence-electron chi connectivity index (χ3n) is 5.55. The van der Waals surface area contributed by atoms with Gasteiger partial charge in [-0.2, -0.15) is 0 Å². The van der Waals surface area contributed by atoms with Gasteiger partial charge >= 0.3 is 5.97 Å². The molecule has 0 radical (unpaired) electrons. The second kappa shape index (κ2) is 11.3. The van der Waals surface area contributed by atoms with Crippen LogP contribution in [-0.2, 0) is 28.7 Å². The number of esters is 1. The van der Waals surface area contributed by atoms with Crippen molar-refractivity contribution in [2.45, 2.75) is 63.3 Å². The number of carbonyl (C=O) groups is 5. The van der Waals surface area contributed by atoms with Crippen LogP contribution < -0.4 is 21.3 Å². The summed E-state index contributed by atoms with van der Waals surface area (Å²) in [5.41, 5.74) is -1.07. The number of allylic oxidation sites excluding steroid dienone is 1. The predicted octanol–water partition coefficient (Wildman–Crippen LogP) is 0.0338. The Morgan fingerprint density at radius 2 is 1.82 bits per heavy atom. The van der Waals surface area contributed by atoms with Crippen LogP contribution in [0.3, 0.4) is 0 Å².